The lowest BCUT2D eigenvalue weighted by molar-refractivity contribution is 0.316. The first-order chi connectivity index (χ1) is 6.76. The summed E-state index contributed by atoms with van der Waals surface area (Å²) in [6.07, 6.45) is 1.83. The van der Waals surface area contributed by atoms with Gasteiger partial charge in [-0.1, -0.05) is 36.9 Å². The highest BCUT2D eigenvalue weighted by atomic mass is 32.2. The number of hydrogen-bond acceptors (Lipinski definition) is 3. The predicted octanol–water partition coefficient (Wildman–Crippen LogP) is 2.81. The van der Waals surface area contributed by atoms with Gasteiger partial charge in [0.2, 0.25) is 0 Å². The van der Waals surface area contributed by atoms with Crippen LogP contribution >= 0.6 is 24.4 Å². The Morgan fingerprint density at radius 3 is 3.00 bits per heavy atom. The Bertz CT molecular complexity index is 299. The van der Waals surface area contributed by atoms with E-state index in [9.17, 15) is 0 Å². The summed E-state index contributed by atoms with van der Waals surface area (Å²) in [7, 11) is 0. The van der Waals surface area contributed by atoms with Crippen LogP contribution in [0.15, 0.2) is 30.8 Å². The van der Waals surface area contributed by atoms with Gasteiger partial charge in [0.15, 0.2) is 0 Å². The van der Waals surface area contributed by atoms with Crippen LogP contribution in [0.1, 0.15) is 11.1 Å². The van der Waals surface area contributed by atoms with Gasteiger partial charge in [0.05, 0.1) is 11.2 Å². The zero-order valence-electron chi connectivity index (χ0n) is 7.89. The Kier molecular flexibility index (Phi) is 5.15. The minimum absolute atomic E-state index is 0.00221. The first-order valence-corrected chi connectivity index (χ1v) is 5.94. The van der Waals surface area contributed by atoms with Gasteiger partial charge in [-0.15, -0.1) is 11.8 Å². The molecule has 1 rings (SSSR count). The summed E-state index contributed by atoms with van der Waals surface area (Å²) in [6, 6.07) is 8.19. The smallest absolute Gasteiger partial charge is 0.0706 e. The third-order valence-corrected chi connectivity index (χ3v) is 3.43. The molecule has 1 nitrogen and oxygen atoms in total. The van der Waals surface area contributed by atoms with E-state index in [1.54, 1.807) is 11.8 Å². The molecule has 76 valence electrons. The zero-order valence-corrected chi connectivity index (χ0v) is 9.60. The van der Waals surface area contributed by atoms with Crippen LogP contribution in [0.4, 0.5) is 0 Å². The summed E-state index contributed by atoms with van der Waals surface area (Å²) in [5, 5.41) is 8.80. The van der Waals surface area contributed by atoms with Gasteiger partial charge in [-0.05, 0) is 11.1 Å². The Balaban J connectivity index is 2.54. The maximum absolute atomic E-state index is 8.80. The first kappa shape index (κ1) is 11.7. The van der Waals surface area contributed by atoms with Gasteiger partial charge in [-0.25, -0.2) is 0 Å². The van der Waals surface area contributed by atoms with Crippen molar-refractivity contribution < 1.29 is 5.11 Å². The van der Waals surface area contributed by atoms with Crippen molar-refractivity contribution in [3.05, 3.63) is 42.0 Å². The molecule has 0 bridgehead atoms. The minimum Gasteiger partial charge on any atom is -0.394 e. The maximum atomic E-state index is 8.80. The van der Waals surface area contributed by atoms with Gasteiger partial charge in [0.1, 0.15) is 0 Å². The topological polar surface area (TPSA) is 20.2 Å². The number of aliphatic hydroxyl groups excluding tert-OH is 1. The largest absolute Gasteiger partial charge is 0.394 e. The Hall–Kier alpha value is -0.380. The monoisotopic (exact) mass is 226 g/mol. The average molecular weight is 226 g/mol. The number of benzene rings is 1. The summed E-state index contributed by atoms with van der Waals surface area (Å²) in [6.45, 7) is 3.83. The van der Waals surface area contributed by atoms with E-state index in [0.717, 1.165) is 11.3 Å². The van der Waals surface area contributed by atoms with E-state index in [1.807, 2.05) is 18.2 Å². The second kappa shape index (κ2) is 6.17. The van der Waals surface area contributed by atoms with Crippen molar-refractivity contribution in [1.82, 2.24) is 0 Å². The molecule has 0 aromatic heterocycles. The maximum Gasteiger partial charge on any atom is 0.0706 e. The van der Waals surface area contributed by atoms with Gasteiger partial charge in [0.25, 0.3) is 0 Å². The predicted molar refractivity (Wildman–Crippen MR) is 67.7 cm³/mol. The van der Waals surface area contributed by atoms with Gasteiger partial charge in [-0.3, -0.25) is 0 Å². The lowest BCUT2D eigenvalue weighted by Crippen LogP contribution is -1.99. The van der Waals surface area contributed by atoms with Crippen molar-refractivity contribution in [2.45, 2.75) is 10.3 Å². The van der Waals surface area contributed by atoms with Crippen LogP contribution in [0.2, 0.25) is 0 Å². The van der Waals surface area contributed by atoms with Crippen molar-refractivity contribution in [3.63, 3.8) is 0 Å². The van der Waals surface area contributed by atoms with Gasteiger partial charge in [-0.2, -0.15) is 12.6 Å². The molecular weight excluding hydrogens is 212 g/mol. The molecule has 0 aliphatic heterocycles. The van der Waals surface area contributed by atoms with Crippen LogP contribution in [0.3, 0.4) is 0 Å². The van der Waals surface area contributed by atoms with Crippen LogP contribution in [-0.2, 0) is 5.75 Å². The minimum atomic E-state index is 0.00221. The third kappa shape index (κ3) is 3.78. The Morgan fingerprint density at radius 1 is 1.57 bits per heavy atom. The SMILES string of the molecule is C=Cc1cccc(CSC(S)CO)c1. The molecular formula is C11H14OS2. The van der Waals surface area contributed by atoms with Crippen molar-refractivity contribution in [3.8, 4) is 0 Å². The fourth-order valence-electron chi connectivity index (χ4n) is 1.05. The molecule has 0 radical (unpaired) electrons. The molecule has 1 N–H and O–H groups in total. The number of hydrogen-bond donors (Lipinski definition) is 2. The van der Waals surface area contributed by atoms with Crippen molar-refractivity contribution in [2.75, 3.05) is 6.61 Å². The highest BCUT2D eigenvalue weighted by Crippen LogP contribution is 2.20. The molecule has 0 saturated carbocycles. The molecule has 0 heterocycles. The highest BCUT2D eigenvalue weighted by molar-refractivity contribution is 8.09. The molecule has 1 atom stereocenters. The second-order valence-corrected chi connectivity index (χ2v) is 5.06. The first-order valence-electron chi connectivity index (χ1n) is 4.38. The fourth-order valence-corrected chi connectivity index (χ4v) is 1.95. The zero-order chi connectivity index (χ0) is 10.4. The molecule has 0 aliphatic carbocycles. The van der Waals surface area contributed by atoms with Gasteiger partial charge < -0.3 is 5.11 Å². The van der Waals surface area contributed by atoms with E-state index < -0.39 is 0 Å². The van der Waals surface area contributed by atoms with Crippen molar-refractivity contribution in [2.24, 2.45) is 0 Å². The molecule has 1 aromatic rings. The number of aliphatic hydroxyl groups is 1. The van der Waals surface area contributed by atoms with Crippen LogP contribution in [0.5, 0.6) is 0 Å². The van der Waals surface area contributed by atoms with E-state index >= 15 is 0 Å². The summed E-state index contributed by atoms with van der Waals surface area (Å²) >= 11 is 5.83. The summed E-state index contributed by atoms with van der Waals surface area (Å²) in [4.78, 5) is 0. The molecule has 1 unspecified atom stereocenters. The lowest BCUT2D eigenvalue weighted by atomic mass is 10.1. The van der Waals surface area contributed by atoms with E-state index in [0.29, 0.717) is 0 Å². The molecule has 14 heavy (non-hydrogen) atoms. The highest BCUT2D eigenvalue weighted by Gasteiger charge is 2.01. The molecule has 0 amide bonds. The quantitative estimate of drug-likeness (QED) is 0.595. The average Bonchev–Trinajstić information content (AvgIpc) is 2.26. The third-order valence-electron chi connectivity index (χ3n) is 1.79. The Morgan fingerprint density at radius 2 is 2.36 bits per heavy atom. The van der Waals surface area contributed by atoms with Crippen LogP contribution < -0.4 is 0 Å². The number of rotatable bonds is 5. The molecule has 0 saturated heterocycles. The molecule has 0 aliphatic rings. The normalized spacial score (nSPS) is 12.4. The van der Waals surface area contributed by atoms with E-state index in [-0.39, 0.29) is 11.2 Å². The second-order valence-electron chi connectivity index (χ2n) is 2.90. The lowest BCUT2D eigenvalue weighted by Gasteiger charge is -2.07. The summed E-state index contributed by atoms with van der Waals surface area (Å²) in [5.74, 6) is 0.871. The number of thioether (sulfide) groups is 1. The standard InChI is InChI=1S/C11H14OS2/c1-2-9-4-3-5-10(6-9)8-14-11(13)7-12/h2-6,11-13H,1,7-8H2. The van der Waals surface area contributed by atoms with Gasteiger partial charge in [0, 0.05) is 5.75 Å². The molecule has 0 spiro atoms. The van der Waals surface area contributed by atoms with E-state index in [4.69, 9.17) is 5.11 Å². The summed E-state index contributed by atoms with van der Waals surface area (Å²) < 4.78 is 0.00221. The van der Waals surface area contributed by atoms with Crippen LogP contribution in [-0.4, -0.2) is 16.3 Å². The molecule has 1 aromatic carbocycles. The van der Waals surface area contributed by atoms with Crippen LogP contribution in [0.25, 0.3) is 6.08 Å². The van der Waals surface area contributed by atoms with E-state index in [2.05, 4.69) is 31.3 Å². The van der Waals surface area contributed by atoms with Gasteiger partial charge >= 0.3 is 0 Å². The number of thiol groups is 1. The van der Waals surface area contributed by atoms with E-state index in [1.165, 1.54) is 5.56 Å². The van der Waals surface area contributed by atoms with Crippen molar-refractivity contribution in [1.29, 1.82) is 0 Å². The van der Waals surface area contributed by atoms with Crippen LogP contribution in [0, 0.1) is 0 Å². The summed E-state index contributed by atoms with van der Waals surface area (Å²) in [5.41, 5.74) is 2.36. The van der Waals surface area contributed by atoms with Crippen molar-refractivity contribution >= 4 is 30.5 Å². The fraction of sp³-hybridized carbons (Fsp3) is 0.273. The molecule has 3 heteroatoms. The molecule has 0 fully saturated rings. The Labute approximate surface area is 94.6 Å².